The van der Waals surface area contributed by atoms with Crippen LogP contribution < -0.4 is 20.1 Å². The Morgan fingerprint density at radius 3 is 2.17 bits per heavy atom. The molecule has 1 aromatic carbocycles. The quantitative estimate of drug-likeness (QED) is 0.682. The fourth-order valence-electron chi connectivity index (χ4n) is 4.08. The molecule has 0 aromatic heterocycles. The molecule has 1 aliphatic carbocycles. The number of fused-ring (bicyclic) bond motifs is 1. The van der Waals surface area contributed by atoms with Crippen molar-refractivity contribution in [1.82, 2.24) is 10.6 Å². The molecule has 7 nitrogen and oxygen atoms in total. The number of aliphatic hydroxyl groups is 1. The van der Waals surface area contributed by atoms with Crippen LogP contribution in [0.25, 0.3) is 0 Å². The molecule has 1 atom stereocenters. The molecule has 1 aliphatic heterocycles. The summed E-state index contributed by atoms with van der Waals surface area (Å²) < 4.78 is 10.5. The number of ether oxygens (including phenoxy) is 2. The van der Waals surface area contributed by atoms with Crippen molar-refractivity contribution >= 4 is 11.8 Å². The zero-order chi connectivity index (χ0) is 21.2. The van der Waals surface area contributed by atoms with Crippen LogP contribution in [0.2, 0.25) is 0 Å². The lowest BCUT2D eigenvalue weighted by atomic mass is 9.97. The van der Waals surface area contributed by atoms with Gasteiger partial charge in [0.25, 0.3) is 5.91 Å². The van der Waals surface area contributed by atoms with Gasteiger partial charge in [-0.2, -0.15) is 0 Å². The van der Waals surface area contributed by atoms with Crippen molar-refractivity contribution in [3.63, 3.8) is 0 Å². The topological polar surface area (TPSA) is 96.9 Å². The summed E-state index contributed by atoms with van der Waals surface area (Å²) in [7, 11) is 0. The molecular formula is C23H34N2O5. The van der Waals surface area contributed by atoms with E-state index in [4.69, 9.17) is 9.47 Å². The lowest BCUT2D eigenvalue weighted by Crippen LogP contribution is -2.51. The van der Waals surface area contributed by atoms with Gasteiger partial charge in [0.15, 0.2) is 11.5 Å². The Hall–Kier alpha value is -2.28. The van der Waals surface area contributed by atoms with Crippen molar-refractivity contribution in [1.29, 1.82) is 0 Å². The van der Waals surface area contributed by atoms with E-state index in [1.54, 1.807) is 18.2 Å². The van der Waals surface area contributed by atoms with E-state index in [0.717, 1.165) is 25.7 Å². The minimum atomic E-state index is -0.982. The molecule has 1 heterocycles. The smallest absolute Gasteiger partial charge is 0.252 e. The van der Waals surface area contributed by atoms with Gasteiger partial charge in [-0.05, 0) is 31.0 Å². The summed E-state index contributed by atoms with van der Waals surface area (Å²) in [5, 5.41) is 15.4. The van der Waals surface area contributed by atoms with Gasteiger partial charge in [0.1, 0.15) is 6.04 Å². The average molecular weight is 419 g/mol. The standard InChI is InChI=1S/C23H34N2O5/c26-15-19(25-22(27)17-12-13-20-21(14-17)30-16-29-20)23(28)24-18-10-8-6-4-2-1-3-5-7-9-11-18/h12-14,18-19,26H,1-11,15-16H2,(H,24,28)(H,25,27). The lowest BCUT2D eigenvalue weighted by Gasteiger charge is -2.23. The Kier molecular flexibility index (Phi) is 8.81. The van der Waals surface area contributed by atoms with E-state index in [-0.39, 0.29) is 18.7 Å². The number of rotatable bonds is 5. The zero-order valence-corrected chi connectivity index (χ0v) is 17.7. The van der Waals surface area contributed by atoms with Gasteiger partial charge in [-0.1, -0.05) is 57.8 Å². The third kappa shape index (κ3) is 6.62. The number of amides is 2. The Balaban J connectivity index is 1.53. The van der Waals surface area contributed by atoms with Crippen LogP contribution in [0, 0.1) is 0 Å². The van der Waals surface area contributed by atoms with E-state index in [2.05, 4.69) is 10.6 Å². The first kappa shape index (κ1) is 22.4. The Labute approximate surface area is 178 Å². The van der Waals surface area contributed by atoms with Gasteiger partial charge in [-0.15, -0.1) is 0 Å². The van der Waals surface area contributed by atoms with Gasteiger partial charge >= 0.3 is 0 Å². The highest BCUT2D eigenvalue weighted by Gasteiger charge is 2.24. The number of carbonyl (C=O) groups excluding carboxylic acids is 2. The predicted molar refractivity (Wildman–Crippen MR) is 114 cm³/mol. The lowest BCUT2D eigenvalue weighted by molar-refractivity contribution is -0.124. The number of hydrogen-bond acceptors (Lipinski definition) is 5. The van der Waals surface area contributed by atoms with Crippen LogP contribution in [-0.4, -0.2) is 42.4 Å². The van der Waals surface area contributed by atoms with Gasteiger partial charge in [0.05, 0.1) is 6.61 Å². The molecule has 1 fully saturated rings. The van der Waals surface area contributed by atoms with Gasteiger partial charge in [0.2, 0.25) is 12.7 Å². The van der Waals surface area contributed by atoms with Crippen LogP contribution >= 0.6 is 0 Å². The summed E-state index contributed by atoms with van der Waals surface area (Å²) in [5.41, 5.74) is 0.358. The molecule has 2 amide bonds. The molecule has 166 valence electrons. The molecule has 7 heteroatoms. The second-order valence-corrected chi connectivity index (χ2v) is 8.24. The second-order valence-electron chi connectivity index (χ2n) is 8.24. The first-order valence-electron chi connectivity index (χ1n) is 11.3. The Morgan fingerprint density at radius 2 is 1.53 bits per heavy atom. The van der Waals surface area contributed by atoms with Crippen LogP contribution in [0.4, 0.5) is 0 Å². The fourth-order valence-corrected chi connectivity index (χ4v) is 4.08. The summed E-state index contributed by atoms with van der Waals surface area (Å²) in [6.45, 7) is -0.321. The summed E-state index contributed by atoms with van der Waals surface area (Å²) in [4.78, 5) is 25.3. The van der Waals surface area contributed by atoms with E-state index in [0.29, 0.717) is 17.1 Å². The van der Waals surface area contributed by atoms with Crippen molar-refractivity contribution in [2.75, 3.05) is 13.4 Å². The number of carbonyl (C=O) groups is 2. The van der Waals surface area contributed by atoms with Crippen molar-refractivity contribution in [3.8, 4) is 11.5 Å². The number of aliphatic hydroxyl groups excluding tert-OH is 1. The monoisotopic (exact) mass is 418 g/mol. The van der Waals surface area contributed by atoms with E-state index < -0.39 is 18.6 Å². The number of benzene rings is 1. The highest BCUT2D eigenvalue weighted by molar-refractivity contribution is 5.98. The molecule has 3 rings (SSSR count). The summed E-state index contributed by atoms with van der Waals surface area (Å²) in [6, 6.07) is 3.97. The SMILES string of the molecule is O=C(NC(CO)C(=O)NC1CCCCCCCCCCC1)c1ccc2c(c1)OCO2. The zero-order valence-electron chi connectivity index (χ0n) is 17.7. The maximum Gasteiger partial charge on any atom is 0.252 e. The third-order valence-electron chi connectivity index (χ3n) is 5.89. The second kappa shape index (κ2) is 11.8. The Bertz CT molecular complexity index is 697. The number of nitrogens with one attached hydrogen (secondary N) is 2. The van der Waals surface area contributed by atoms with E-state index in [1.165, 1.54) is 44.9 Å². The minimum Gasteiger partial charge on any atom is -0.454 e. The van der Waals surface area contributed by atoms with Crippen LogP contribution in [0.15, 0.2) is 18.2 Å². The predicted octanol–water partition coefficient (Wildman–Crippen LogP) is 3.30. The number of hydrogen-bond donors (Lipinski definition) is 3. The fraction of sp³-hybridized carbons (Fsp3) is 0.652. The van der Waals surface area contributed by atoms with Crippen LogP contribution in [-0.2, 0) is 4.79 Å². The molecule has 3 N–H and O–H groups in total. The maximum atomic E-state index is 12.7. The average Bonchev–Trinajstić information content (AvgIpc) is 3.21. The molecule has 30 heavy (non-hydrogen) atoms. The molecule has 2 aliphatic rings. The molecule has 0 spiro atoms. The highest BCUT2D eigenvalue weighted by atomic mass is 16.7. The van der Waals surface area contributed by atoms with Crippen molar-refractivity contribution in [2.45, 2.75) is 82.7 Å². The molecule has 0 saturated heterocycles. The van der Waals surface area contributed by atoms with Crippen LogP contribution in [0.5, 0.6) is 11.5 Å². The molecule has 1 aromatic rings. The molecule has 1 saturated carbocycles. The largest absolute Gasteiger partial charge is 0.454 e. The summed E-state index contributed by atoms with van der Waals surface area (Å²) in [5.74, 6) is 0.330. The highest BCUT2D eigenvalue weighted by Crippen LogP contribution is 2.32. The molecule has 0 radical (unpaired) electrons. The maximum absolute atomic E-state index is 12.7. The van der Waals surface area contributed by atoms with Crippen molar-refractivity contribution in [3.05, 3.63) is 23.8 Å². The van der Waals surface area contributed by atoms with Gasteiger partial charge in [0, 0.05) is 11.6 Å². The van der Waals surface area contributed by atoms with E-state index in [1.807, 2.05) is 0 Å². The van der Waals surface area contributed by atoms with Crippen LogP contribution in [0.1, 0.15) is 81.0 Å². The van der Waals surface area contributed by atoms with Crippen molar-refractivity contribution < 1.29 is 24.2 Å². The summed E-state index contributed by atoms with van der Waals surface area (Å²) in [6.07, 6.45) is 12.9. The Morgan fingerprint density at radius 1 is 0.933 bits per heavy atom. The van der Waals surface area contributed by atoms with Gasteiger partial charge in [-0.25, -0.2) is 0 Å². The van der Waals surface area contributed by atoms with Crippen LogP contribution in [0.3, 0.4) is 0 Å². The molecular weight excluding hydrogens is 384 g/mol. The first-order valence-corrected chi connectivity index (χ1v) is 11.3. The van der Waals surface area contributed by atoms with E-state index in [9.17, 15) is 14.7 Å². The minimum absolute atomic E-state index is 0.0911. The molecule has 0 bridgehead atoms. The van der Waals surface area contributed by atoms with Crippen molar-refractivity contribution in [2.24, 2.45) is 0 Å². The summed E-state index contributed by atoms with van der Waals surface area (Å²) >= 11 is 0. The van der Waals surface area contributed by atoms with Gasteiger partial charge in [-0.3, -0.25) is 9.59 Å². The van der Waals surface area contributed by atoms with Gasteiger partial charge < -0.3 is 25.2 Å². The van der Waals surface area contributed by atoms with E-state index >= 15 is 0 Å². The normalized spacial score (nSPS) is 19.2. The third-order valence-corrected chi connectivity index (χ3v) is 5.89. The molecule has 1 unspecified atom stereocenters. The first-order chi connectivity index (χ1) is 14.7.